The first-order valence-electron chi connectivity index (χ1n) is 5.35. The van der Waals surface area contributed by atoms with Gasteiger partial charge in [0.2, 0.25) is 0 Å². The number of rotatable bonds is 4. The zero-order chi connectivity index (χ0) is 13.7. The van der Waals surface area contributed by atoms with E-state index in [0.717, 1.165) is 0 Å². The maximum Gasteiger partial charge on any atom is 0.251 e. The second kappa shape index (κ2) is 5.63. The molecule has 0 spiro atoms. The summed E-state index contributed by atoms with van der Waals surface area (Å²) in [5, 5.41) is 21.0. The third-order valence-electron chi connectivity index (χ3n) is 2.36. The summed E-state index contributed by atoms with van der Waals surface area (Å²) in [6.45, 7) is 0.0583. The molecule has 0 saturated carbocycles. The highest BCUT2D eigenvalue weighted by molar-refractivity contribution is 5.96. The molecule has 1 aromatic heterocycles. The lowest BCUT2D eigenvalue weighted by Gasteiger charge is -2.03. The lowest BCUT2D eigenvalue weighted by molar-refractivity contribution is 0.0950. The largest absolute Gasteiger partial charge is 0.409 e. The number of amides is 1. The summed E-state index contributed by atoms with van der Waals surface area (Å²) < 4.78 is 4.48. The van der Waals surface area contributed by atoms with Gasteiger partial charge in [0, 0.05) is 5.56 Å². The molecule has 98 valence electrons. The number of hydrogen-bond acceptors (Lipinski definition) is 6. The van der Waals surface area contributed by atoms with E-state index in [4.69, 9.17) is 10.9 Å². The topological polar surface area (TPSA) is 127 Å². The number of amidine groups is 1. The third-order valence-corrected chi connectivity index (χ3v) is 2.36. The summed E-state index contributed by atoms with van der Waals surface area (Å²) in [5.41, 5.74) is 6.27. The quantitative estimate of drug-likeness (QED) is 0.310. The monoisotopic (exact) mass is 261 g/mol. The number of benzene rings is 1. The van der Waals surface area contributed by atoms with Gasteiger partial charge in [0.15, 0.2) is 11.5 Å². The van der Waals surface area contributed by atoms with Gasteiger partial charge in [-0.25, -0.2) is 4.63 Å². The van der Waals surface area contributed by atoms with E-state index in [2.05, 4.69) is 25.4 Å². The molecule has 1 amide bonds. The second-order valence-electron chi connectivity index (χ2n) is 3.59. The molecule has 0 atom stereocenters. The molecule has 1 aromatic carbocycles. The van der Waals surface area contributed by atoms with Crippen molar-refractivity contribution >= 4 is 11.7 Å². The van der Waals surface area contributed by atoms with E-state index in [9.17, 15) is 4.79 Å². The fourth-order valence-electron chi connectivity index (χ4n) is 1.42. The number of nitrogens with one attached hydrogen (secondary N) is 1. The molecule has 19 heavy (non-hydrogen) atoms. The highest BCUT2D eigenvalue weighted by Crippen LogP contribution is 2.03. The molecule has 8 nitrogen and oxygen atoms in total. The van der Waals surface area contributed by atoms with Gasteiger partial charge in [0.05, 0.1) is 6.54 Å². The summed E-state index contributed by atoms with van der Waals surface area (Å²) in [4.78, 5) is 11.8. The number of carbonyl (C=O) groups is 1. The van der Waals surface area contributed by atoms with Crippen LogP contribution in [0.25, 0.3) is 0 Å². The standard InChI is InChI=1S/C11H11N5O3/c12-10(14-18)9-8(15-19-16-9)6-13-11(17)7-4-2-1-3-5-7/h1-5,18H,6H2,(H2,12,14)(H,13,17). The lowest BCUT2D eigenvalue weighted by Crippen LogP contribution is -2.25. The predicted octanol–water partition coefficient (Wildman–Crippen LogP) is 0.0941. The molecule has 0 aliphatic heterocycles. The van der Waals surface area contributed by atoms with Crippen molar-refractivity contribution in [1.29, 1.82) is 0 Å². The normalized spacial score (nSPS) is 11.3. The summed E-state index contributed by atoms with van der Waals surface area (Å²) in [6, 6.07) is 8.69. The van der Waals surface area contributed by atoms with Crippen molar-refractivity contribution in [3.05, 3.63) is 47.3 Å². The van der Waals surface area contributed by atoms with Crippen LogP contribution in [-0.4, -0.2) is 27.3 Å². The zero-order valence-electron chi connectivity index (χ0n) is 9.78. The van der Waals surface area contributed by atoms with Crippen molar-refractivity contribution in [3.8, 4) is 0 Å². The van der Waals surface area contributed by atoms with Crippen LogP contribution in [0.15, 0.2) is 40.1 Å². The second-order valence-corrected chi connectivity index (χ2v) is 3.59. The Morgan fingerprint density at radius 3 is 2.79 bits per heavy atom. The molecule has 0 radical (unpaired) electrons. The van der Waals surface area contributed by atoms with Crippen molar-refractivity contribution in [3.63, 3.8) is 0 Å². The van der Waals surface area contributed by atoms with Gasteiger partial charge < -0.3 is 16.3 Å². The number of carbonyl (C=O) groups excluding carboxylic acids is 1. The zero-order valence-corrected chi connectivity index (χ0v) is 9.78. The van der Waals surface area contributed by atoms with Crippen molar-refractivity contribution in [2.24, 2.45) is 10.9 Å². The van der Waals surface area contributed by atoms with Gasteiger partial charge >= 0.3 is 0 Å². The minimum absolute atomic E-state index is 0.0583. The molecular weight excluding hydrogens is 250 g/mol. The average Bonchev–Trinajstić information content (AvgIpc) is 2.93. The van der Waals surface area contributed by atoms with E-state index in [1.165, 1.54) is 0 Å². The number of nitrogens with two attached hydrogens (primary N) is 1. The third kappa shape index (κ3) is 2.86. The fraction of sp³-hybridized carbons (Fsp3) is 0.0909. The van der Waals surface area contributed by atoms with Gasteiger partial charge in [0.1, 0.15) is 5.69 Å². The van der Waals surface area contributed by atoms with Crippen LogP contribution in [0.2, 0.25) is 0 Å². The smallest absolute Gasteiger partial charge is 0.251 e. The Kier molecular flexibility index (Phi) is 3.72. The molecule has 1 heterocycles. The van der Waals surface area contributed by atoms with Crippen LogP contribution in [0.3, 0.4) is 0 Å². The van der Waals surface area contributed by atoms with Crippen molar-refractivity contribution in [1.82, 2.24) is 15.6 Å². The maximum absolute atomic E-state index is 11.8. The highest BCUT2D eigenvalue weighted by Gasteiger charge is 2.15. The van der Waals surface area contributed by atoms with Crippen LogP contribution in [0.1, 0.15) is 21.7 Å². The molecule has 0 bridgehead atoms. The minimum Gasteiger partial charge on any atom is -0.409 e. The Morgan fingerprint density at radius 2 is 2.11 bits per heavy atom. The first-order chi connectivity index (χ1) is 9.22. The summed E-state index contributed by atoms with van der Waals surface area (Å²) in [6.07, 6.45) is 0. The van der Waals surface area contributed by atoms with E-state index in [0.29, 0.717) is 5.56 Å². The Hall–Kier alpha value is -2.90. The molecule has 0 aliphatic carbocycles. The molecular formula is C11H11N5O3. The fourth-order valence-corrected chi connectivity index (χ4v) is 1.42. The van der Waals surface area contributed by atoms with Crippen molar-refractivity contribution in [2.45, 2.75) is 6.54 Å². The molecule has 4 N–H and O–H groups in total. The van der Waals surface area contributed by atoms with E-state index in [1.54, 1.807) is 24.3 Å². The van der Waals surface area contributed by atoms with Crippen LogP contribution in [0, 0.1) is 0 Å². The van der Waals surface area contributed by atoms with E-state index in [-0.39, 0.29) is 29.7 Å². The number of aromatic nitrogens is 2. The van der Waals surface area contributed by atoms with E-state index < -0.39 is 0 Å². The van der Waals surface area contributed by atoms with Crippen molar-refractivity contribution < 1.29 is 14.6 Å². The molecule has 0 saturated heterocycles. The van der Waals surface area contributed by atoms with Gasteiger partial charge in [-0.3, -0.25) is 4.79 Å². The van der Waals surface area contributed by atoms with Gasteiger partial charge in [-0.1, -0.05) is 28.5 Å². The molecule has 0 fully saturated rings. The van der Waals surface area contributed by atoms with Gasteiger partial charge in [-0.05, 0) is 17.3 Å². The Balaban J connectivity index is 2.04. The van der Waals surface area contributed by atoms with E-state index >= 15 is 0 Å². The predicted molar refractivity (Wildman–Crippen MR) is 64.4 cm³/mol. The van der Waals surface area contributed by atoms with Crippen LogP contribution in [0.5, 0.6) is 0 Å². The Bertz CT molecular complexity index is 593. The summed E-state index contributed by atoms with van der Waals surface area (Å²) in [7, 11) is 0. The first-order valence-corrected chi connectivity index (χ1v) is 5.35. The minimum atomic E-state index is -0.269. The van der Waals surface area contributed by atoms with E-state index in [1.807, 2.05) is 6.07 Å². The molecule has 2 rings (SSSR count). The average molecular weight is 261 g/mol. The number of nitrogens with zero attached hydrogens (tertiary/aromatic N) is 3. The van der Waals surface area contributed by atoms with Gasteiger partial charge in [0.25, 0.3) is 5.91 Å². The van der Waals surface area contributed by atoms with Crippen LogP contribution in [-0.2, 0) is 6.54 Å². The molecule has 2 aromatic rings. The highest BCUT2D eigenvalue weighted by atomic mass is 16.6. The van der Waals surface area contributed by atoms with Gasteiger partial charge in [-0.15, -0.1) is 0 Å². The van der Waals surface area contributed by atoms with Crippen LogP contribution >= 0.6 is 0 Å². The number of oxime groups is 1. The molecule has 8 heteroatoms. The Morgan fingerprint density at radius 1 is 1.37 bits per heavy atom. The summed E-state index contributed by atoms with van der Waals surface area (Å²) >= 11 is 0. The van der Waals surface area contributed by atoms with Crippen LogP contribution < -0.4 is 11.1 Å². The number of hydrogen-bond donors (Lipinski definition) is 3. The lowest BCUT2D eigenvalue weighted by atomic mass is 10.2. The van der Waals surface area contributed by atoms with Gasteiger partial charge in [-0.2, -0.15) is 0 Å². The molecule has 0 aliphatic rings. The van der Waals surface area contributed by atoms with Crippen molar-refractivity contribution in [2.75, 3.05) is 0 Å². The van der Waals surface area contributed by atoms with Crippen LogP contribution in [0.4, 0.5) is 0 Å². The SMILES string of the molecule is N/C(=N\O)c1nonc1CNC(=O)c1ccccc1. The first kappa shape index (κ1) is 12.6. The Labute approximate surface area is 107 Å². The summed E-state index contributed by atoms with van der Waals surface area (Å²) in [5.74, 6) is -0.501. The molecule has 0 unspecified atom stereocenters. The maximum atomic E-state index is 11.8.